The van der Waals surface area contributed by atoms with Crippen LogP contribution in [0.1, 0.15) is 31.8 Å². The Morgan fingerprint density at radius 1 is 0.750 bits per heavy atom. The Bertz CT molecular complexity index is 1730. The Balaban J connectivity index is 1.53. The van der Waals surface area contributed by atoms with Crippen LogP contribution >= 0.6 is 31.9 Å². The van der Waals surface area contributed by atoms with Gasteiger partial charge in [-0.15, -0.1) is 0 Å². The lowest BCUT2D eigenvalue weighted by Crippen LogP contribution is -2.55. The number of hydrogen-bond acceptors (Lipinski definition) is 4. The van der Waals surface area contributed by atoms with E-state index in [-0.39, 0.29) is 17.5 Å². The molecule has 3 aliphatic rings. The van der Waals surface area contributed by atoms with Crippen molar-refractivity contribution in [3.8, 4) is 0 Å². The zero-order valence-corrected chi connectivity index (χ0v) is 24.2. The quantitative estimate of drug-likeness (QED) is 0.239. The number of rotatable bonds is 4. The number of carbonyl (C=O) groups is 3. The lowest BCUT2D eigenvalue weighted by molar-refractivity contribution is -0.121. The average molecular weight is 654 g/mol. The Kier molecular flexibility index (Phi) is 5.91. The average Bonchev–Trinajstić information content (AvgIpc) is 3.45. The van der Waals surface area contributed by atoms with Crippen molar-refractivity contribution < 1.29 is 14.4 Å². The van der Waals surface area contributed by atoms with E-state index in [9.17, 15) is 14.4 Å². The molecule has 1 saturated heterocycles. The molecule has 1 spiro atoms. The van der Waals surface area contributed by atoms with E-state index in [0.717, 1.165) is 20.2 Å². The van der Waals surface area contributed by atoms with Crippen molar-refractivity contribution in [1.29, 1.82) is 0 Å². The summed E-state index contributed by atoms with van der Waals surface area (Å²) in [6.45, 7) is 0. The summed E-state index contributed by atoms with van der Waals surface area (Å²) in [5.41, 5.74) is 2.58. The van der Waals surface area contributed by atoms with E-state index in [1.54, 1.807) is 24.3 Å². The van der Waals surface area contributed by atoms with Crippen LogP contribution in [0.5, 0.6) is 0 Å². The van der Waals surface area contributed by atoms with Crippen LogP contribution in [-0.2, 0) is 10.2 Å². The van der Waals surface area contributed by atoms with Crippen molar-refractivity contribution in [2.24, 2.45) is 5.92 Å². The molecule has 3 heterocycles. The van der Waals surface area contributed by atoms with Gasteiger partial charge in [-0.05, 0) is 47.5 Å². The molecule has 3 aliphatic heterocycles. The van der Waals surface area contributed by atoms with E-state index in [1.165, 1.54) is 0 Å². The fraction of sp³-hybridized carbons (Fsp3) is 0.121. The second-order valence-electron chi connectivity index (χ2n) is 10.3. The number of fused-ring (bicyclic) bond motifs is 5. The highest BCUT2D eigenvalue weighted by atomic mass is 79.9. The zero-order chi connectivity index (χ0) is 27.6. The van der Waals surface area contributed by atoms with Crippen LogP contribution < -0.4 is 10.2 Å². The zero-order valence-electron chi connectivity index (χ0n) is 21.1. The monoisotopic (exact) mass is 652 g/mol. The normalized spacial score (nSPS) is 23.9. The van der Waals surface area contributed by atoms with Gasteiger partial charge in [0.15, 0.2) is 11.6 Å². The number of amides is 1. The van der Waals surface area contributed by atoms with Crippen molar-refractivity contribution in [2.45, 2.75) is 17.5 Å². The summed E-state index contributed by atoms with van der Waals surface area (Å²) < 4.78 is 1.70. The highest BCUT2D eigenvalue weighted by molar-refractivity contribution is 9.10. The van der Waals surface area contributed by atoms with Crippen LogP contribution in [0.3, 0.4) is 0 Å². The Morgan fingerprint density at radius 2 is 1.35 bits per heavy atom. The molecular formula is C33H22Br2N2O3. The first kappa shape index (κ1) is 25.2. The van der Waals surface area contributed by atoms with Crippen molar-refractivity contribution in [2.75, 3.05) is 10.2 Å². The molecule has 4 unspecified atom stereocenters. The maximum absolute atomic E-state index is 14.7. The van der Waals surface area contributed by atoms with Crippen molar-refractivity contribution in [3.63, 3.8) is 0 Å². The number of para-hydroxylation sites is 2. The van der Waals surface area contributed by atoms with E-state index >= 15 is 0 Å². The molecule has 7 heteroatoms. The summed E-state index contributed by atoms with van der Waals surface area (Å²) in [6.07, 6.45) is 3.98. The third-order valence-electron chi connectivity index (χ3n) is 8.34. The molecular weight excluding hydrogens is 632 g/mol. The number of carbonyl (C=O) groups excluding carboxylic acids is 3. The molecule has 1 fully saturated rings. The number of nitrogens with zero attached hydrogens (tertiary/aromatic N) is 1. The summed E-state index contributed by atoms with van der Waals surface area (Å²) in [5.74, 6) is -1.57. The summed E-state index contributed by atoms with van der Waals surface area (Å²) >= 11 is 6.92. The van der Waals surface area contributed by atoms with E-state index in [4.69, 9.17) is 0 Å². The van der Waals surface area contributed by atoms with Crippen molar-refractivity contribution in [1.82, 2.24) is 0 Å². The predicted molar refractivity (Wildman–Crippen MR) is 163 cm³/mol. The van der Waals surface area contributed by atoms with Gasteiger partial charge in [0, 0.05) is 31.4 Å². The third kappa shape index (κ3) is 3.54. The van der Waals surface area contributed by atoms with Crippen molar-refractivity contribution >= 4 is 66.8 Å². The highest BCUT2D eigenvalue weighted by Crippen LogP contribution is 2.58. The number of nitrogens with one attached hydrogen (secondary N) is 1. The lowest BCUT2D eigenvalue weighted by atomic mass is 9.63. The first-order chi connectivity index (χ1) is 19.4. The summed E-state index contributed by atoms with van der Waals surface area (Å²) in [6, 6.07) is 28.2. The fourth-order valence-electron chi connectivity index (χ4n) is 6.70. The van der Waals surface area contributed by atoms with Gasteiger partial charge in [0.25, 0.3) is 0 Å². The molecule has 0 bridgehead atoms. The second-order valence-corrected chi connectivity index (χ2v) is 12.1. The van der Waals surface area contributed by atoms with Crippen LogP contribution in [0.2, 0.25) is 0 Å². The highest BCUT2D eigenvalue weighted by Gasteiger charge is 2.70. The standard InChI is InChI=1S/C33H22Br2N2O3/c34-22-14-9-20(10-15-22)29(38)28-27-18-13-19-5-1-4-8-26(19)37(27)31(30(39)21-11-16-23(35)17-12-21)33(28)24-6-2-3-7-25(24)36-32(33)40/h1-18,27-28,31H,(H,36,40). The van der Waals surface area contributed by atoms with Gasteiger partial charge in [0.2, 0.25) is 5.91 Å². The summed E-state index contributed by atoms with van der Waals surface area (Å²) in [4.78, 5) is 45.8. The Labute approximate surface area is 248 Å². The van der Waals surface area contributed by atoms with E-state index in [2.05, 4.69) is 37.2 Å². The number of Topliss-reactive ketones (excluding diaryl/α,β-unsaturated/α-hetero) is 2. The van der Waals surface area contributed by atoms with Gasteiger partial charge in [-0.1, -0.05) is 105 Å². The molecule has 0 radical (unpaired) electrons. The second kappa shape index (κ2) is 9.39. The SMILES string of the molecule is O=C(c1ccc(Br)cc1)C1C2C=Cc3ccccc3N2C(C(=O)c2ccc(Br)cc2)C12C(=O)Nc1ccccc12. The Morgan fingerprint density at radius 3 is 2.05 bits per heavy atom. The predicted octanol–water partition coefficient (Wildman–Crippen LogP) is 7.07. The first-order valence-electron chi connectivity index (χ1n) is 13.0. The summed E-state index contributed by atoms with van der Waals surface area (Å²) in [7, 11) is 0. The number of ketones is 2. The number of benzene rings is 4. The minimum atomic E-state index is -1.46. The van der Waals surface area contributed by atoms with E-state index < -0.39 is 23.4 Å². The topological polar surface area (TPSA) is 66.5 Å². The van der Waals surface area contributed by atoms with Crippen LogP contribution in [0.25, 0.3) is 6.08 Å². The van der Waals surface area contributed by atoms with Gasteiger partial charge in [-0.3, -0.25) is 14.4 Å². The van der Waals surface area contributed by atoms with E-state index in [1.807, 2.05) is 89.8 Å². The first-order valence-corrected chi connectivity index (χ1v) is 14.6. The molecule has 196 valence electrons. The minimum absolute atomic E-state index is 0.176. The molecule has 0 aromatic heterocycles. The maximum Gasteiger partial charge on any atom is 0.238 e. The van der Waals surface area contributed by atoms with Gasteiger partial charge < -0.3 is 10.2 Å². The number of anilines is 2. The third-order valence-corrected chi connectivity index (χ3v) is 9.39. The number of halogens is 2. The lowest BCUT2D eigenvalue weighted by Gasteiger charge is -2.37. The van der Waals surface area contributed by atoms with Crippen LogP contribution in [0, 0.1) is 5.92 Å². The maximum atomic E-state index is 14.7. The minimum Gasteiger partial charge on any atom is -0.352 e. The molecule has 4 aromatic carbocycles. The molecule has 4 atom stereocenters. The van der Waals surface area contributed by atoms with E-state index in [0.29, 0.717) is 22.4 Å². The van der Waals surface area contributed by atoms with Crippen LogP contribution in [-0.4, -0.2) is 29.6 Å². The van der Waals surface area contributed by atoms with Gasteiger partial charge >= 0.3 is 0 Å². The Hall–Kier alpha value is -3.81. The fourth-order valence-corrected chi connectivity index (χ4v) is 7.23. The van der Waals surface area contributed by atoms with Gasteiger partial charge in [-0.2, -0.15) is 0 Å². The molecule has 4 aromatic rings. The smallest absolute Gasteiger partial charge is 0.238 e. The largest absolute Gasteiger partial charge is 0.352 e. The van der Waals surface area contributed by atoms with Gasteiger partial charge in [-0.25, -0.2) is 0 Å². The van der Waals surface area contributed by atoms with Crippen LogP contribution in [0.15, 0.2) is 112 Å². The van der Waals surface area contributed by atoms with Crippen LogP contribution in [0.4, 0.5) is 11.4 Å². The molecule has 5 nitrogen and oxygen atoms in total. The van der Waals surface area contributed by atoms with Crippen molar-refractivity contribution in [3.05, 3.63) is 134 Å². The molecule has 0 saturated carbocycles. The molecule has 0 aliphatic carbocycles. The molecule has 7 rings (SSSR count). The molecule has 1 N–H and O–H groups in total. The molecule has 1 amide bonds. The number of hydrogen-bond donors (Lipinski definition) is 1. The molecule has 40 heavy (non-hydrogen) atoms. The van der Waals surface area contributed by atoms with Gasteiger partial charge in [0.05, 0.1) is 12.0 Å². The van der Waals surface area contributed by atoms with Gasteiger partial charge in [0.1, 0.15) is 11.5 Å². The summed E-state index contributed by atoms with van der Waals surface area (Å²) in [5, 5.41) is 3.05.